The minimum Gasteiger partial charge on any atom is -0.369 e. The Kier molecular flexibility index (Phi) is 6.54. The molecule has 9 heteroatoms. The van der Waals surface area contributed by atoms with E-state index in [0.29, 0.717) is 22.7 Å². The van der Waals surface area contributed by atoms with E-state index in [-0.39, 0.29) is 35.8 Å². The summed E-state index contributed by atoms with van der Waals surface area (Å²) in [4.78, 5) is 38.9. The maximum atomic E-state index is 13.9. The molecule has 0 spiro atoms. The monoisotopic (exact) mass is 513 g/mol. The quantitative estimate of drug-likeness (QED) is 0.402. The second kappa shape index (κ2) is 9.94. The first-order chi connectivity index (χ1) is 17.9. The fourth-order valence-corrected chi connectivity index (χ4v) is 5.14. The minimum absolute atomic E-state index is 0.0919. The van der Waals surface area contributed by atoms with E-state index < -0.39 is 5.54 Å². The van der Waals surface area contributed by atoms with Crippen molar-refractivity contribution in [2.45, 2.75) is 18.6 Å². The molecule has 3 aromatic carbocycles. The molecule has 1 aliphatic heterocycles. The fraction of sp³-hybridized carbons (Fsp3) is 0.143. The Morgan fingerprint density at radius 1 is 1.00 bits per heavy atom. The first-order valence-electron chi connectivity index (χ1n) is 11.6. The zero-order chi connectivity index (χ0) is 26.0. The summed E-state index contributed by atoms with van der Waals surface area (Å²) in [5.41, 5.74) is 7.52. The molecular formula is C28H24FN5O2S. The summed E-state index contributed by atoms with van der Waals surface area (Å²) in [7, 11) is 1.66. The highest BCUT2D eigenvalue weighted by Gasteiger charge is 2.50. The smallest absolute Gasteiger partial charge is 0.273 e. The standard InChI is InChI=1S/C28H24FN5O2S/c1-33(16-19-12-14-22(29)15-13-19)25(35)23-18-37-24(31-23)17-34-26(36)28(32-27(34)30,20-8-4-2-5-9-20)21-10-6-3-7-11-21/h2-15,18H,16-17H2,1H3,(H2,30,32). The van der Waals surface area contributed by atoms with E-state index in [1.54, 1.807) is 24.6 Å². The van der Waals surface area contributed by atoms with Crippen LogP contribution in [-0.2, 0) is 23.4 Å². The van der Waals surface area contributed by atoms with E-state index in [1.807, 2.05) is 60.7 Å². The van der Waals surface area contributed by atoms with E-state index in [9.17, 15) is 14.0 Å². The molecule has 4 aromatic rings. The van der Waals surface area contributed by atoms with Crippen LogP contribution in [0.2, 0.25) is 0 Å². The minimum atomic E-state index is -1.29. The molecule has 1 aromatic heterocycles. The Balaban J connectivity index is 1.37. The van der Waals surface area contributed by atoms with E-state index in [1.165, 1.54) is 33.3 Å². The van der Waals surface area contributed by atoms with E-state index in [4.69, 9.17) is 5.73 Å². The number of aliphatic imine (C=N–C) groups is 1. The second-order valence-corrected chi connectivity index (χ2v) is 9.66. The number of hydrogen-bond acceptors (Lipinski definition) is 6. The molecule has 2 heterocycles. The lowest BCUT2D eigenvalue weighted by molar-refractivity contribution is -0.130. The Labute approximate surface area is 217 Å². The van der Waals surface area contributed by atoms with Gasteiger partial charge in [0.1, 0.15) is 16.5 Å². The number of nitrogens with zero attached hydrogens (tertiary/aromatic N) is 4. The van der Waals surface area contributed by atoms with E-state index in [0.717, 1.165) is 5.56 Å². The van der Waals surface area contributed by atoms with Gasteiger partial charge in [0, 0.05) is 19.0 Å². The molecule has 0 bridgehead atoms. The number of carbonyl (C=O) groups excluding carboxylic acids is 2. The van der Waals surface area contributed by atoms with Crippen molar-refractivity contribution in [2.24, 2.45) is 10.7 Å². The van der Waals surface area contributed by atoms with Gasteiger partial charge in [-0.15, -0.1) is 11.3 Å². The van der Waals surface area contributed by atoms with Crippen LogP contribution in [0.3, 0.4) is 0 Å². The topological polar surface area (TPSA) is 91.9 Å². The first kappa shape index (κ1) is 24.3. The van der Waals surface area contributed by atoms with Crippen molar-refractivity contribution in [3.8, 4) is 0 Å². The van der Waals surface area contributed by atoms with Gasteiger partial charge in [-0.05, 0) is 28.8 Å². The zero-order valence-electron chi connectivity index (χ0n) is 20.0. The number of halogens is 1. The van der Waals surface area contributed by atoms with Crippen LogP contribution in [-0.4, -0.2) is 39.6 Å². The Morgan fingerprint density at radius 3 is 2.19 bits per heavy atom. The molecule has 0 unspecified atom stereocenters. The van der Waals surface area contributed by atoms with Gasteiger partial charge >= 0.3 is 0 Å². The van der Waals surface area contributed by atoms with Crippen molar-refractivity contribution in [3.05, 3.63) is 124 Å². The van der Waals surface area contributed by atoms with Gasteiger partial charge < -0.3 is 10.6 Å². The molecule has 2 amide bonds. The van der Waals surface area contributed by atoms with Crippen LogP contribution >= 0.6 is 11.3 Å². The molecule has 37 heavy (non-hydrogen) atoms. The SMILES string of the molecule is CN(Cc1ccc(F)cc1)C(=O)c1csc(CN2C(=O)C(c3ccccc3)(c3ccccc3)N=C2N)n1. The third kappa shape index (κ3) is 4.61. The Hall–Kier alpha value is -4.37. The largest absolute Gasteiger partial charge is 0.369 e. The van der Waals surface area contributed by atoms with Crippen LogP contribution in [0.4, 0.5) is 4.39 Å². The number of hydrogen-bond donors (Lipinski definition) is 1. The van der Waals surface area contributed by atoms with Gasteiger partial charge in [0.05, 0.1) is 6.54 Å². The number of rotatable bonds is 7. The molecule has 2 N–H and O–H groups in total. The zero-order valence-corrected chi connectivity index (χ0v) is 20.9. The maximum Gasteiger partial charge on any atom is 0.273 e. The molecule has 5 rings (SSSR count). The summed E-state index contributed by atoms with van der Waals surface area (Å²) in [6.45, 7) is 0.405. The summed E-state index contributed by atoms with van der Waals surface area (Å²) >= 11 is 1.27. The third-order valence-corrected chi connectivity index (χ3v) is 7.07. The van der Waals surface area contributed by atoms with Gasteiger partial charge in [-0.2, -0.15) is 0 Å². The lowest BCUT2D eigenvalue weighted by Crippen LogP contribution is -2.43. The number of nitrogens with two attached hydrogens (primary N) is 1. The van der Waals surface area contributed by atoms with Gasteiger partial charge in [-0.25, -0.2) is 14.4 Å². The highest BCUT2D eigenvalue weighted by molar-refractivity contribution is 7.09. The molecule has 0 radical (unpaired) electrons. The predicted molar refractivity (Wildman–Crippen MR) is 140 cm³/mol. The van der Waals surface area contributed by atoms with Gasteiger partial charge in [0.25, 0.3) is 11.8 Å². The summed E-state index contributed by atoms with van der Waals surface area (Å²) in [6, 6.07) is 24.7. The Bertz CT molecular complexity index is 1420. The van der Waals surface area contributed by atoms with Gasteiger partial charge in [0.15, 0.2) is 11.5 Å². The summed E-state index contributed by atoms with van der Waals surface area (Å²) in [5, 5.41) is 2.22. The highest BCUT2D eigenvalue weighted by atomic mass is 32.1. The average molecular weight is 514 g/mol. The summed E-state index contributed by atoms with van der Waals surface area (Å²) in [5.74, 6) is -0.790. The van der Waals surface area contributed by atoms with Crippen LogP contribution in [0.25, 0.3) is 0 Å². The van der Waals surface area contributed by atoms with Crippen LogP contribution in [0, 0.1) is 5.82 Å². The summed E-state index contributed by atoms with van der Waals surface area (Å²) in [6.07, 6.45) is 0. The van der Waals surface area contributed by atoms with Gasteiger partial charge in [-0.1, -0.05) is 72.8 Å². The number of carbonyl (C=O) groups is 2. The lowest BCUT2D eigenvalue weighted by Gasteiger charge is -2.26. The van der Waals surface area contributed by atoms with Crippen molar-refractivity contribution in [1.29, 1.82) is 0 Å². The number of amides is 2. The fourth-order valence-electron chi connectivity index (χ4n) is 4.38. The molecule has 1 aliphatic rings. The molecule has 0 atom stereocenters. The molecule has 0 saturated heterocycles. The van der Waals surface area contributed by atoms with Crippen LogP contribution < -0.4 is 5.73 Å². The second-order valence-electron chi connectivity index (χ2n) is 8.72. The highest BCUT2D eigenvalue weighted by Crippen LogP contribution is 2.40. The van der Waals surface area contributed by atoms with E-state index >= 15 is 0 Å². The van der Waals surface area contributed by atoms with Crippen molar-refractivity contribution in [2.75, 3.05) is 7.05 Å². The average Bonchev–Trinajstić information content (AvgIpc) is 3.49. The van der Waals surface area contributed by atoms with Crippen molar-refractivity contribution >= 4 is 29.1 Å². The van der Waals surface area contributed by atoms with Crippen molar-refractivity contribution in [3.63, 3.8) is 0 Å². The number of aromatic nitrogens is 1. The molecule has 0 saturated carbocycles. The molecular weight excluding hydrogens is 489 g/mol. The van der Waals surface area contributed by atoms with Crippen LogP contribution in [0.5, 0.6) is 0 Å². The Morgan fingerprint density at radius 2 is 1.59 bits per heavy atom. The van der Waals surface area contributed by atoms with Crippen molar-refractivity contribution in [1.82, 2.24) is 14.8 Å². The van der Waals surface area contributed by atoms with E-state index in [2.05, 4.69) is 9.98 Å². The molecule has 186 valence electrons. The normalized spacial score (nSPS) is 14.5. The lowest BCUT2D eigenvalue weighted by atomic mass is 9.83. The first-order valence-corrected chi connectivity index (χ1v) is 12.5. The molecule has 0 fully saturated rings. The number of guanidine groups is 1. The maximum absolute atomic E-state index is 13.9. The number of thiazole rings is 1. The summed E-state index contributed by atoms with van der Waals surface area (Å²) < 4.78 is 13.2. The van der Waals surface area contributed by atoms with Crippen LogP contribution in [0.1, 0.15) is 32.2 Å². The molecule has 7 nitrogen and oxygen atoms in total. The van der Waals surface area contributed by atoms with Gasteiger partial charge in [0.2, 0.25) is 0 Å². The van der Waals surface area contributed by atoms with Crippen molar-refractivity contribution < 1.29 is 14.0 Å². The number of benzene rings is 3. The molecule has 0 aliphatic carbocycles. The van der Waals surface area contributed by atoms with Gasteiger partial charge in [-0.3, -0.25) is 14.5 Å². The van der Waals surface area contributed by atoms with Crippen LogP contribution in [0.15, 0.2) is 95.3 Å². The predicted octanol–water partition coefficient (Wildman–Crippen LogP) is 4.16. The third-order valence-electron chi connectivity index (χ3n) is 6.24.